The van der Waals surface area contributed by atoms with Gasteiger partial charge in [0.25, 0.3) is 0 Å². The van der Waals surface area contributed by atoms with Crippen LogP contribution in [-0.4, -0.2) is 25.8 Å². The van der Waals surface area contributed by atoms with E-state index < -0.39 is 9.73 Å². The van der Waals surface area contributed by atoms with Gasteiger partial charge in [-0.2, -0.15) is 0 Å². The predicted octanol–water partition coefficient (Wildman–Crippen LogP) is 0.996. The summed E-state index contributed by atoms with van der Waals surface area (Å²) in [4.78, 5) is 0. The average molecular weight is 112 g/mol. The molecule has 0 nitrogen and oxygen atoms in total. The minimum atomic E-state index is -1.24. The van der Waals surface area contributed by atoms with Crippen molar-refractivity contribution >= 4 is 24.0 Å². The molecule has 0 aromatic carbocycles. The summed E-state index contributed by atoms with van der Waals surface area (Å²) in [7, 11) is 9.84. The standard InChI is InChI=1S/C4H10B2S/c1-4(2)7(3,5)6/h4H,1-3H3. The Kier molecular flexibility index (Phi) is 2.31. The van der Waals surface area contributed by atoms with E-state index in [4.69, 9.17) is 14.2 Å². The lowest BCUT2D eigenvalue weighted by molar-refractivity contribution is 1.11. The second-order valence-electron chi connectivity index (χ2n) is 2.16. The monoisotopic (exact) mass is 112 g/mol. The Hall–Kier alpha value is 0.480. The molecule has 0 atom stereocenters. The fourth-order valence-corrected chi connectivity index (χ4v) is 0. The zero-order chi connectivity index (χ0) is 6.08. The highest BCUT2D eigenvalue weighted by Crippen LogP contribution is 2.37. The van der Waals surface area contributed by atoms with E-state index in [-0.39, 0.29) is 0 Å². The van der Waals surface area contributed by atoms with Crippen molar-refractivity contribution in [1.29, 1.82) is 0 Å². The van der Waals surface area contributed by atoms with Gasteiger partial charge in [-0.15, -0.1) is 0 Å². The van der Waals surface area contributed by atoms with Gasteiger partial charge in [0.15, 0.2) is 0 Å². The van der Waals surface area contributed by atoms with Crippen LogP contribution in [0.1, 0.15) is 13.8 Å². The van der Waals surface area contributed by atoms with Crippen molar-refractivity contribution in [3.63, 3.8) is 0 Å². The third-order valence-electron chi connectivity index (χ3n) is 1.02. The number of rotatable bonds is 1. The van der Waals surface area contributed by atoms with Crippen molar-refractivity contribution in [1.82, 2.24) is 0 Å². The zero-order valence-electron chi connectivity index (χ0n) is 5.14. The summed E-state index contributed by atoms with van der Waals surface area (Å²) in [6.07, 6.45) is 1.90. The molecule has 0 heterocycles. The van der Waals surface area contributed by atoms with Gasteiger partial charge in [0.2, 0.25) is 0 Å². The Morgan fingerprint density at radius 1 is 1.29 bits per heavy atom. The highest BCUT2D eigenvalue weighted by molar-refractivity contribution is 8.64. The summed E-state index contributed by atoms with van der Waals surface area (Å²) in [6.45, 7) is 4.07. The highest BCUT2D eigenvalue weighted by atomic mass is 32.3. The Bertz CT molecular complexity index is 55.2. The van der Waals surface area contributed by atoms with E-state index in [1.54, 1.807) is 0 Å². The van der Waals surface area contributed by atoms with Crippen molar-refractivity contribution in [2.24, 2.45) is 0 Å². The highest BCUT2D eigenvalue weighted by Gasteiger charge is 2.06. The molecule has 0 aliphatic carbocycles. The first-order valence-electron chi connectivity index (χ1n) is 2.27. The molecule has 4 radical (unpaired) electrons. The van der Waals surface area contributed by atoms with Gasteiger partial charge < -0.3 is 9.73 Å². The lowest BCUT2D eigenvalue weighted by Gasteiger charge is -2.31. The molecule has 0 aromatic heterocycles. The zero-order valence-corrected chi connectivity index (χ0v) is 5.96. The van der Waals surface area contributed by atoms with Crippen LogP contribution in [0.4, 0.5) is 0 Å². The van der Waals surface area contributed by atoms with Crippen LogP contribution < -0.4 is 0 Å². The second-order valence-corrected chi connectivity index (χ2v) is 5.34. The molecular formula is C4H10B2S. The van der Waals surface area contributed by atoms with Crippen molar-refractivity contribution in [2.45, 2.75) is 19.1 Å². The molecule has 0 bridgehead atoms. The molecule has 0 fully saturated rings. The van der Waals surface area contributed by atoms with Crippen LogP contribution in [-0.2, 0) is 0 Å². The molecule has 3 heteroatoms. The van der Waals surface area contributed by atoms with Crippen LogP contribution in [0.15, 0.2) is 0 Å². The lowest BCUT2D eigenvalue weighted by atomic mass is 10.6. The summed E-state index contributed by atoms with van der Waals surface area (Å²) < 4.78 is 0. The van der Waals surface area contributed by atoms with Gasteiger partial charge in [-0.1, -0.05) is 20.1 Å². The predicted molar refractivity (Wildman–Crippen MR) is 40.2 cm³/mol. The molecule has 0 aliphatic heterocycles. The Morgan fingerprint density at radius 2 is 1.43 bits per heavy atom. The molecule has 0 spiro atoms. The van der Waals surface area contributed by atoms with Crippen molar-refractivity contribution < 1.29 is 0 Å². The summed E-state index contributed by atoms with van der Waals surface area (Å²) in [5.74, 6) is 0. The Morgan fingerprint density at radius 3 is 1.43 bits per heavy atom. The fraction of sp³-hybridized carbons (Fsp3) is 1.00. The lowest BCUT2D eigenvalue weighted by Crippen LogP contribution is -2.08. The van der Waals surface area contributed by atoms with Crippen LogP contribution in [0, 0.1) is 0 Å². The minimum Gasteiger partial charge on any atom is -0.323 e. The van der Waals surface area contributed by atoms with Crippen LogP contribution in [0.2, 0.25) is 0 Å². The second kappa shape index (κ2) is 2.17. The molecule has 0 amide bonds. The van der Waals surface area contributed by atoms with Gasteiger partial charge in [-0.05, 0) is 5.25 Å². The van der Waals surface area contributed by atoms with Crippen LogP contribution in [0.25, 0.3) is 0 Å². The van der Waals surface area contributed by atoms with E-state index in [0.717, 1.165) is 0 Å². The molecule has 0 N–H and O–H groups in total. The molecule has 0 saturated heterocycles. The van der Waals surface area contributed by atoms with Gasteiger partial charge in [0.05, 0.1) is 0 Å². The first kappa shape index (κ1) is 7.48. The van der Waals surface area contributed by atoms with E-state index in [1.165, 1.54) is 0 Å². The van der Waals surface area contributed by atoms with Crippen LogP contribution in [0.3, 0.4) is 0 Å². The summed E-state index contributed by atoms with van der Waals surface area (Å²) in [6, 6.07) is 0. The van der Waals surface area contributed by atoms with Gasteiger partial charge >= 0.3 is 0 Å². The van der Waals surface area contributed by atoms with E-state index >= 15 is 0 Å². The quantitative estimate of drug-likeness (QED) is 0.443. The first-order valence-corrected chi connectivity index (χ1v) is 4.50. The van der Waals surface area contributed by atoms with E-state index in [1.807, 2.05) is 20.1 Å². The van der Waals surface area contributed by atoms with Gasteiger partial charge in [-0.3, -0.25) is 0 Å². The molecular weight excluding hydrogens is 102 g/mol. The summed E-state index contributed by atoms with van der Waals surface area (Å²) in [5.41, 5.74) is 0. The van der Waals surface area contributed by atoms with Crippen molar-refractivity contribution in [2.75, 3.05) is 6.26 Å². The SMILES string of the molecule is [B]S([B])(C)C(C)C. The molecule has 0 saturated carbocycles. The fourth-order valence-electron chi connectivity index (χ4n) is 0. The van der Waals surface area contributed by atoms with E-state index in [0.29, 0.717) is 5.25 Å². The molecule has 7 heavy (non-hydrogen) atoms. The van der Waals surface area contributed by atoms with Gasteiger partial charge in [-0.25, -0.2) is 0 Å². The summed E-state index contributed by atoms with van der Waals surface area (Å²) >= 11 is 0. The van der Waals surface area contributed by atoms with Crippen molar-refractivity contribution in [3.8, 4) is 0 Å². The number of hydrogen-bond donors (Lipinski definition) is 0. The maximum absolute atomic E-state index is 5.54. The molecule has 0 unspecified atom stereocenters. The van der Waals surface area contributed by atoms with Crippen LogP contribution >= 0.6 is 9.73 Å². The number of hydrogen-bond acceptors (Lipinski definition) is 0. The normalized spacial score (nSPS) is 14.9. The van der Waals surface area contributed by atoms with Gasteiger partial charge in [0, 0.05) is 0 Å². The van der Waals surface area contributed by atoms with Crippen molar-refractivity contribution in [3.05, 3.63) is 0 Å². The average Bonchev–Trinajstić information content (AvgIpc) is 1.31. The molecule has 38 valence electrons. The molecule has 0 rings (SSSR count). The van der Waals surface area contributed by atoms with Crippen LogP contribution in [0.5, 0.6) is 0 Å². The topological polar surface area (TPSA) is 0 Å². The first-order chi connectivity index (χ1) is 2.94. The van der Waals surface area contributed by atoms with Gasteiger partial charge in [0.1, 0.15) is 14.2 Å². The van der Waals surface area contributed by atoms with E-state index in [2.05, 4.69) is 0 Å². The maximum atomic E-state index is 5.54. The minimum absolute atomic E-state index is 0.437. The summed E-state index contributed by atoms with van der Waals surface area (Å²) in [5, 5.41) is 0.437. The van der Waals surface area contributed by atoms with E-state index in [9.17, 15) is 0 Å². The molecule has 0 aromatic rings. The Balaban J connectivity index is 3.54. The Labute approximate surface area is 50.0 Å². The molecule has 0 aliphatic rings. The third-order valence-corrected chi connectivity index (χ3v) is 3.05. The largest absolute Gasteiger partial charge is 0.323 e. The maximum Gasteiger partial charge on any atom is 0.124 e. The smallest absolute Gasteiger partial charge is 0.124 e. The third kappa shape index (κ3) is 3.10.